The number of hydrogen-bond acceptors (Lipinski definition) is 4. The van der Waals surface area contributed by atoms with Crippen molar-refractivity contribution in [2.75, 3.05) is 18.2 Å². The summed E-state index contributed by atoms with van der Waals surface area (Å²) in [5.74, 6) is -0.900. The molecule has 1 aromatic carbocycles. The number of carboxylic acid groups (broad SMARTS) is 1. The van der Waals surface area contributed by atoms with Gasteiger partial charge in [-0.15, -0.1) is 11.8 Å². The summed E-state index contributed by atoms with van der Waals surface area (Å²) in [6.07, 6.45) is 5.59. The summed E-state index contributed by atoms with van der Waals surface area (Å²) < 4.78 is 1.74. The fraction of sp³-hybridized carbons (Fsp3) is 0.286. The minimum Gasteiger partial charge on any atom is -0.478 e. The third kappa shape index (κ3) is 2.96. The van der Waals surface area contributed by atoms with Crippen LogP contribution in [-0.4, -0.2) is 34.2 Å². The zero-order chi connectivity index (χ0) is 14.7. The number of rotatable bonds is 5. The molecule has 0 fully saturated rings. The highest BCUT2D eigenvalue weighted by Gasteiger charge is 2.18. The van der Waals surface area contributed by atoms with Gasteiger partial charge in [0.1, 0.15) is 0 Å². The van der Waals surface area contributed by atoms with Gasteiger partial charge in [0.2, 0.25) is 0 Å². The standard InChI is InChI=1S/C14H17N3O2S/c1-16(8-10-7-15-17(2)9-10)11-5-4-6-12(20-3)13(11)14(18)19/h4-7,9H,8H2,1-3H3,(H,18,19). The molecular weight excluding hydrogens is 274 g/mol. The Balaban J connectivity index is 2.34. The number of aromatic nitrogens is 2. The first-order valence-electron chi connectivity index (χ1n) is 6.12. The van der Waals surface area contributed by atoms with Crippen molar-refractivity contribution < 1.29 is 9.90 Å². The van der Waals surface area contributed by atoms with Crippen molar-refractivity contribution in [2.24, 2.45) is 7.05 Å². The number of aromatic carboxylic acids is 1. The van der Waals surface area contributed by atoms with E-state index in [0.29, 0.717) is 17.8 Å². The Morgan fingerprint density at radius 2 is 2.25 bits per heavy atom. The number of benzene rings is 1. The lowest BCUT2D eigenvalue weighted by Crippen LogP contribution is -2.19. The second-order valence-corrected chi connectivity index (χ2v) is 5.39. The molecule has 0 aliphatic rings. The zero-order valence-corrected chi connectivity index (χ0v) is 12.5. The second-order valence-electron chi connectivity index (χ2n) is 4.54. The summed E-state index contributed by atoms with van der Waals surface area (Å²) in [4.78, 5) is 14.2. The molecule has 0 bridgehead atoms. The van der Waals surface area contributed by atoms with E-state index in [0.717, 1.165) is 10.5 Å². The van der Waals surface area contributed by atoms with Gasteiger partial charge in [-0.3, -0.25) is 4.68 Å². The van der Waals surface area contributed by atoms with Crippen molar-refractivity contribution in [3.8, 4) is 0 Å². The highest BCUT2D eigenvalue weighted by atomic mass is 32.2. The molecule has 1 heterocycles. The minimum atomic E-state index is -0.900. The summed E-state index contributed by atoms with van der Waals surface area (Å²) in [6, 6.07) is 5.54. The van der Waals surface area contributed by atoms with Gasteiger partial charge in [-0.2, -0.15) is 5.10 Å². The second kappa shape index (κ2) is 6.00. The molecule has 2 rings (SSSR count). The van der Waals surface area contributed by atoms with Crippen molar-refractivity contribution in [3.63, 3.8) is 0 Å². The summed E-state index contributed by atoms with van der Waals surface area (Å²) in [6.45, 7) is 0.617. The van der Waals surface area contributed by atoms with Crippen molar-refractivity contribution >= 4 is 23.4 Å². The highest BCUT2D eigenvalue weighted by Crippen LogP contribution is 2.29. The fourth-order valence-corrected chi connectivity index (χ4v) is 2.75. The van der Waals surface area contributed by atoms with E-state index in [4.69, 9.17) is 0 Å². The molecule has 0 amide bonds. The maximum Gasteiger partial charge on any atom is 0.338 e. The first-order valence-corrected chi connectivity index (χ1v) is 7.34. The molecule has 2 aromatic rings. The van der Waals surface area contributed by atoms with Crippen LogP contribution in [0.4, 0.5) is 5.69 Å². The van der Waals surface area contributed by atoms with Crippen LogP contribution in [0.5, 0.6) is 0 Å². The van der Waals surface area contributed by atoms with Gasteiger partial charge in [0.25, 0.3) is 0 Å². The molecule has 1 N–H and O–H groups in total. The zero-order valence-electron chi connectivity index (χ0n) is 11.7. The summed E-state index contributed by atoms with van der Waals surface area (Å²) in [7, 11) is 3.75. The van der Waals surface area contributed by atoms with E-state index < -0.39 is 5.97 Å². The third-order valence-electron chi connectivity index (χ3n) is 3.03. The maximum absolute atomic E-state index is 11.5. The number of nitrogens with zero attached hydrogens (tertiary/aromatic N) is 3. The van der Waals surface area contributed by atoms with E-state index in [1.165, 1.54) is 11.8 Å². The monoisotopic (exact) mass is 291 g/mol. The average Bonchev–Trinajstić information content (AvgIpc) is 2.82. The SMILES string of the molecule is CSc1cccc(N(C)Cc2cnn(C)c2)c1C(=O)O. The van der Waals surface area contributed by atoms with E-state index in [2.05, 4.69) is 5.10 Å². The average molecular weight is 291 g/mol. The predicted octanol–water partition coefficient (Wildman–Crippen LogP) is 2.48. The minimum absolute atomic E-state index is 0.353. The van der Waals surface area contributed by atoms with E-state index in [1.54, 1.807) is 10.9 Å². The van der Waals surface area contributed by atoms with Gasteiger partial charge >= 0.3 is 5.97 Å². The summed E-state index contributed by atoms with van der Waals surface area (Å²) >= 11 is 1.44. The van der Waals surface area contributed by atoms with E-state index >= 15 is 0 Å². The molecule has 0 saturated carbocycles. The normalized spacial score (nSPS) is 10.6. The van der Waals surface area contributed by atoms with Crippen LogP contribution in [0.3, 0.4) is 0 Å². The van der Waals surface area contributed by atoms with Crippen LogP contribution in [0.15, 0.2) is 35.5 Å². The Kier molecular flexibility index (Phi) is 4.34. The Morgan fingerprint density at radius 1 is 1.50 bits per heavy atom. The van der Waals surface area contributed by atoms with Crippen LogP contribution in [0.25, 0.3) is 0 Å². The van der Waals surface area contributed by atoms with Crippen LogP contribution in [-0.2, 0) is 13.6 Å². The van der Waals surface area contributed by atoms with Crippen LogP contribution in [0.1, 0.15) is 15.9 Å². The van der Waals surface area contributed by atoms with Gasteiger partial charge in [-0.1, -0.05) is 6.07 Å². The molecule has 0 aliphatic carbocycles. The topological polar surface area (TPSA) is 58.4 Å². The molecule has 5 nitrogen and oxygen atoms in total. The van der Waals surface area contributed by atoms with Gasteiger partial charge in [-0.05, 0) is 18.4 Å². The number of hydrogen-bond donors (Lipinski definition) is 1. The van der Waals surface area contributed by atoms with Gasteiger partial charge in [-0.25, -0.2) is 4.79 Å². The summed E-state index contributed by atoms with van der Waals surface area (Å²) in [5.41, 5.74) is 2.11. The third-order valence-corrected chi connectivity index (χ3v) is 3.81. The highest BCUT2D eigenvalue weighted by molar-refractivity contribution is 7.98. The number of anilines is 1. The first kappa shape index (κ1) is 14.5. The molecule has 0 atom stereocenters. The van der Waals surface area contributed by atoms with Gasteiger partial charge in [0.15, 0.2) is 0 Å². The molecule has 106 valence electrons. The molecule has 0 aliphatic heterocycles. The lowest BCUT2D eigenvalue weighted by molar-refractivity contribution is 0.0694. The molecule has 0 saturated heterocycles. The van der Waals surface area contributed by atoms with Gasteiger partial charge in [0, 0.05) is 37.3 Å². The number of carboxylic acids is 1. The number of thioether (sulfide) groups is 1. The van der Waals surface area contributed by atoms with E-state index in [9.17, 15) is 9.90 Å². The summed E-state index contributed by atoms with van der Waals surface area (Å²) in [5, 5.41) is 13.6. The Morgan fingerprint density at radius 3 is 2.80 bits per heavy atom. The molecule has 1 aromatic heterocycles. The van der Waals surface area contributed by atoms with Gasteiger partial charge < -0.3 is 10.0 Å². The number of carbonyl (C=O) groups is 1. The van der Waals surface area contributed by atoms with E-state index in [-0.39, 0.29) is 0 Å². The molecule has 20 heavy (non-hydrogen) atoms. The predicted molar refractivity (Wildman–Crippen MR) is 80.5 cm³/mol. The Labute approximate surface area is 122 Å². The maximum atomic E-state index is 11.5. The van der Waals surface area contributed by atoms with Crippen molar-refractivity contribution in [3.05, 3.63) is 41.7 Å². The van der Waals surface area contributed by atoms with Crippen LogP contribution < -0.4 is 4.90 Å². The molecular formula is C14H17N3O2S. The Bertz CT molecular complexity index is 625. The van der Waals surface area contributed by atoms with Crippen molar-refractivity contribution in [1.82, 2.24) is 9.78 Å². The van der Waals surface area contributed by atoms with E-state index in [1.807, 2.05) is 49.6 Å². The lowest BCUT2D eigenvalue weighted by atomic mass is 10.1. The van der Waals surface area contributed by atoms with Crippen LogP contribution >= 0.6 is 11.8 Å². The van der Waals surface area contributed by atoms with Crippen LogP contribution in [0, 0.1) is 0 Å². The van der Waals surface area contributed by atoms with Crippen molar-refractivity contribution in [2.45, 2.75) is 11.4 Å². The number of aryl methyl sites for hydroxylation is 1. The fourth-order valence-electron chi connectivity index (χ4n) is 2.14. The Hall–Kier alpha value is -1.95. The lowest BCUT2D eigenvalue weighted by Gasteiger charge is -2.21. The quantitative estimate of drug-likeness (QED) is 0.858. The van der Waals surface area contributed by atoms with Gasteiger partial charge in [0.05, 0.1) is 17.4 Å². The smallest absolute Gasteiger partial charge is 0.338 e. The molecule has 0 radical (unpaired) electrons. The molecule has 6 heteroatoms. The van der Waals surface area contributed by atoms with Crippen LogP contribution in [0.2, 0.25) is 0 Å². The first-order chi connectivity index (χ1) is 9.52. The molecule has 0 spiro atoms. The van der Waals surface area contributed by atoms with Crippen molar-refractivity contribution in [1.29, 1.82) is 0 Å². The largest absolute Gasteiger partial charge is 0.478 e. The molecule has 0 unspecified atom stereocenters.